The number of hydrogen-bond acceptors (Lipinski definition) is 5. The summed E-state index contributed by atoms with van der Waals surface area (Å²) in [5, 5.41) is 11.2. The van der Waals surface area contributed by atoms with Crippen molar-refractivity contribution in [2.75, 3.05) is 18.4 Å². The summed E-state index contributed by atoms with van der Waals surface area (Å²) >= 11 is 0. The number of aromatic nitrogens is 3. The minimum Gasteiger partial charge on any atom is -0.360 e. The van der Waals surface area contributed by atoms with Crippen molar-refractivity contribution >= 4 is 11.7 Å². The third-order valence-corrected chi connectivity index (χ3v) is 4.76. The molecule has 0 radical (unpaired) electrons. The quantitative estimate of drug-likeness (QED) is 0.871. The summed E-state index contributed by atoms with van der Waals surface area (Å²) in [6.45, 7) is 8.62. The van der Waals surface area contributed by atoms with E-state index in [1.807, 2.05) is 6.92 Å². The minimum atomic E-state index is -0.0243. The molecule has 7 heteroatoms. The molecule has 0 aliphatic carbocycles. The van der Waals surface area contributed by atoms with E-state index in [0.29, 0.717) is 24.0 Å². The van der Waals surface area contributed by atoms with E-state index < -0.39 is 0 Å². The molecule has 0 unspecified atom stereocenters. The average molecular weight is 345 g/mol. The molecule has 1 fully saturated rings. The molecule has 0 spiro atoms. The summed E-state index contributed by atoms with van der Waals surface area (Å²) in [5.41, 5.74) is 2.25. The highest BCUT2D eigenvalue weighted by Crippen LogP contribution is 2.20. The van der Waals surface area contributed by atoms with Crippen molar-refractivity contribution in [1.82, 2.24) is 19.8 Å². The van der Waals surface area contributed by atoms with Crippen LogP contribution in [0.4, 0.5) is 5.82 Å². The maximum absolute atomic E-state index is 12.1. The molecule has 2 aromatic rings. The Morgan fingerprint density at radius 3 is 2.84 bits per heavy atom. The number of nitrogens with zero attached hydrogens (tertiary/aromatic N) is 4. The Kier molecular flexibility index (Phi) is 5.53. The molecule has 3 heterocycles. The normalized spacial score (nSPS) is 18.4. The first kappa shape index (κ1) is 17.7. The van der Waals surface area contributed by atoms with Gasteiger partial charge in [-0.3, -0.25) is 14.4 Å². The van der Waals surface area contributed by atoms with Crippen molar-refractivity contribution in [2.45, 2.75) is 59.0 Å². The van der Waals surface area contributed by atoms with Crippen LogP contribution in [-0.4, -0.2) is 44.9 Å². The Morgan fingerprint density at radius 2 is 2.16 bits per heavy atom. The van der Waals surface area contributed by atoms with Crippen LogP contribution in [0.25, 0.3) is 0 Å². The van der Waals surface area contributed by atoms with E-state index in [4.69, 9.17) is 4.52 Å². The highest BCUT2D eigenvalue weighted by molar-refractivity contribution is 5.89. The van der Waals surface area contributed by atoms with Crippen molar-refractivity contribution in [3.05, 3.63) is 29.3 Å². The van der Waals surface area contributed by atoms with Gasteiger partial charge in [-0.1, -0.05) is 11.6 Å². The zero-order valence-corrected chi connectivity index (χ0v) is 15.3. The van der Waals surface area contributed by atoms with Gasteiger partial charge in [-0.2, -0.15) is 5.10 Å². The van der Waals surface area contributed by atoms with Crippen LogP contribution < -0.4 is 5.32 Å². The maximum Gasteiger partial charge on any atom is 0.226 e. The number of amides is 1. The second-order valence-corrected chi connectivity index (χ2v) is 6.92. The van der Waals surface area contributed by atoms with Crippen LogP contribution in [0.3, 0.4) is 0 Å². The van der Waals surface area contributed by atoms with E-state index in [0.717, 1.165) is 31.7 Å². The lowest BCUT2D eigenvalue weighted by Crippen LogP contribution is -2.43. The van der Waals surface area contributed by atoms with E-state index in [1.165, 1.54) is 18.5 Å². The van der Waals surface area contributed by atoms with Gasteiger partial charge in [-0.25, -0.2) is 0 Å². The largest absolute Gasteiger partial charge is 0.360 e. The van der Waals surface area contributed by atoms with Gasteiger partial charge in [0.15, 0.2) is 5.82 Å². The number of hydrogen-bond donors (Lipinski definition) is 1. The average Bonchev–Trinajstić information content (AvgIpc) is 3.11. The Morgan fingerprint density at radius 1 is 1.32 bits per heavy atom. The second-order valence-electron chi connectivity index (χ2n) is 6.92. The Bertz CT molecular complexity index is 721. The Balaban J connectivity index is 1.54. The molecule has 1 aliphatic rings. The highest BCUT2D eigenvalue weighted by Gasteiger charge is 2.24. The monoisotopic (exact) mass is 345 g/mol. The lowest BCUT2D eigenvalue weighted by Gasteiger charge is -2.35. The second kappa shape index (κ2) is 7.82. The van der Waals surface area contributed by atoms with Crippen LogP contribution in [0.1, 0.15) is 42.8 Å². The first-order valence-electron chi connectivity index (χ1n) is 8.99. The van der Waals surface area contributed by atoms with Crippen molar-refractivity contribution in [2.24, 2.45) is 0 Å². The molecule has 1 saturated heterocycles. The lowest BCUT2D eigenvalue weighted by atomic mass is 10.0. The summed E-state index contributed by atoms with van der Waals surface area (Å²) in [4.78, 5) is 14.6. The number of aryl methyl sites for hydroxylation is 3. The molecule has 2 aromatic heterocycles. The molecule has 1 aliphatic heterocycles. The molecule has 7 nitrogen and oxygen atoms in total. The molecule has 3 rings (SSSR count). The van der Waals surface area contributed by atoms with E-state index >= 15 is 0 Å². The lowest BCUT2D eigenvalue weighted by molar-refractivity contribution is -0.116. The number of rotatable bonds is 6. The van der Waals surface area contributed by atoms with Crippen LogP contribution in [0, 0.1) is 20.8 Å². The molecular formula is C18H27N5O2. The topological polar surface area (TPSA) is 76.2 Å². The fourth-order valence-corrected chi connectivity index (χ4v) is 3.50. The molecule has 136 valence electrons. The van der Waals surface area contributed by atoms with Gasteiger partial charge < -0.3 is 9.84 Å². The van der Waals surface area contributed by atoms with Crippen molar-refractivity contribution in [3.8, 4) is 0 Å². The van der Waals surface area contributed by atoms with Gasteiger partial charge >= 0.3 is 0 Å². The standard InChI is InChI=1S/C18H27N5O2/c1-13-10-14(2)23(20-13)12-16-6-4-5-8-22(16)9-7-18(24)19-17-11-15(3)25-21-17/h10-11,16H,4-9,12H2,1-3H3,(H,19,21,24)/t16-/m0/s1. The molecule has 0 aromatic carbocycles. The van der Waals surface area contributed by atoms with Crippen LogP contribution in [0.5, 0.6) is 0 Å². The molecule has 0 saturated carbocycles. The minimum absolute atomic E-state index is 0.0243. The first-order valence-corrected chi connectivity index (χ1v) is 8.99. The molecule has 0 bridgehead atoms. The predicted octanol–water partition coefficient (Wildman–Crippen LogP) is 2.68. The SMILES string of the molecule is Cc1cc(C)n(C[C@@H]2CCCCN2CCC(=O)Nc2cc(C)on2)n1. The first-order chi connectivity index (χ1) is 12.0. The van der Waals surface area contributed by atoms with Gasteiger partial charge in [-0.15, -0.1) is 0 Å². The van der Waals surface area contributed by atoms with Crippen LogP contribution in [0.2, 0.25) is 0 Å². The fraction of sp³-hybridized carbons (Fsp3) is 0.611. The van der Waals surface area contributed by atoms with E-state index in [-0.39, 0.29) is 5.91 Å². The van der Waals surface area contributed by atoms with E-state index in [1.54, 1.807) is 13.0 Å². The zero-order valence-electron chi connectivity index (χ0n) is 15.3. The fourth-order valence-electron chi connectivity index (χ4n) is 3.50. The summed E-state index contributed by atoms with van der Waals surface area (Å²) in [6.07, 6.45) is 4.05. The third-order valence-electron chi connectivity index (χ3n) is 4.76. The summed E-state index contributed by atoms with van der Waals surface area (Å²) in [6, 6.07) is 4.28. The molecule has 1 atom stereocenters. The molecule has 25 heavy (non-hydrogen) atoms. The maximum atomic E-state index is 12.1. The predicted molar refractivity (Wildman–Crippen MR) is 95.4 cm³/mol. The number of carbonyl (C=O) groups excluding carboxylic acids is 1. The Labute approximate surface area is 148 Å². The van der Waals surface area contributed by atoms with Gasteiger partial charge in [0.05, 0.1) is 12.2 Å². The van der Waals surface area contributed by atoms with Crippen LogP contribution >= 0.6 is 0 Å². The number of carbonyl (C=O) groups is 1. The van der Waals surface area contributed by atoms with Crippen LogP contribution in [-0.2, 0) is 11.3 Å². The third kappa shape index (κ3) is 4.69. The molecule has 1 N–H and O–H groups in total. The van der Waals surface area contributed by atoms with Crippen molar-refractivity contribution in [3.63, 3.8) is 0 Å². The van der Waals surface area contributed by atoms with Crippen molar-refractivity contribution in [1.29, 1.82) is 0 Å². The smallest absolute Gasteiger partial charge is 0.226 e. The number of nitrogens with one attached hydrogen (secondary N) is 1. The van der Waals surface area contributed by atoms with Gasteiger partial charge in [0, 0.05) is 30.8 Å². The van der Waals surface area contributed by atoms with Gasteiger partial charge in [0.2, 0.25) is 5.91 Å². The number of likely N-dealkylation sites (tertiary alicyclic amines) is 1. The highest BCUT2D eigenvalue weighted by atomic mass is 16.5. The summed E-state index contributed by atoms with van der Waals surface area (Å²) < 4.78 is 7.07. The van der Waals surface area contributed by atoms with E-state index in [9.17, 15) is 4.79 Å². The number of anilines is 1. The molecule has 1 amide bonds. The van der Waals surface area contributed by atoms with Gasteiger partial charge in [0.25, 0.3) is 0 Å². The van der Waals surface area contributed by atoms with Gasteiger partial charge in [0.1, 0.15) is 5.76 Å². The zero-order chi connectivity index (χ0) is 17.8. The summed E-state index contributed by atoms with van der Waals surface area (Å²) in [5.74, 6) is 1.15. The number of piperidine rings is 1. The molecular weight excluding hydrogens is 318 g/mol. The Hall–Kier alpha value is -2.15. The van der Waals surface area contributed by atoms with E-state index in [2.05, 4.69) is 38.1 Å². The van der Waals surface area contributed by atoms with Gasteiger partial charge in [-0.05, 0) is 46.2 Å². The summed E-state index contributed by atoms with van der Waals surface area (Å²) in [7, 11) is 0. The van der Waals surface area contributed by atoms with Crippen molar-refractivity contribution < 1.29 is 9.32 Å². The van der Waals surface area contributed by atoms with Crippen LogP contribution in [0.15, 0.2) is 16.7 Å².